The van der Waals surface area contributed by atoms with E-state index in [0.29, 0.717) is 16.0 Å². The molecule has 1 aromatic rings. The molecule has 0 saturated carbocycles. The van der Waals surface area contributed by atoms with Crippen LogP contribution in [0.4, 0.5) is 0 Å². The molecule has 0 bridgehead atoms. The molecule has 0 aliphatic heterocycles. The van der Waals surface area contributed by atoms with Crippen LogP contribution >= 0.6 is 23.2 Å². The van der Waals surface area contributed by atoms with Crippen molar-refractivity contribution >= 4 is 35.0 Å². The summed E-state index contributed by atoms with van der Waals surface area (Å²) in [6.07, 6.45) is 22.5. The van der Waals surface area contributed by atoms with Crippen molar-refractivity contribution in [3.63, 3.8) is 0 Å². The topological polar surface area (TPSA) is 58.2 Å². The standard InChI is InChI=1S/C31H48Cl2N2O2/c1-24(2)21-29(35-30(36)23-34-31(37)27-22-26(32)19-20-28(27)33)25-17-15-13-11-9-7-5-3-4-6-8-10-12-14-16-18-25/h17,19-20,22,24,29H,3-16,18,21,23H2,1-2H3,(H,34,37)(H,35,36)/b25-17+/t29-/m0/s1. The fraction of sp³-hybridized carbons (Fsp3) is 0.677. The van der Waals surface area contributed by atoms with Gasteiger partial charge < -0.3 is 10.6 Å². The average molecular weight is 552 g/mol. The smallest absolute Gasteiger partial charge is 0.253 e. The van der Waals surface area contributed by atoms with Crippen LogP contribution in [-0.4, -0.2) is 24.4 Å². The van der Waals surface area contributed by atoms with Crippen molar-refractivity contribution in [3.05, 3.63) is 45.5 Å². The van der Waals surface area contributed by atoms with Crippen LogP contribution in [-0.2, 0) is 4.79 Å². The van der Waals surface area contributed by atoms with Gasteiger partial charge in [-0.05, 0) is 56.2 Å². The summed E-state index contributed by atoms with van der Waals surface area (Å²) in [5.74, 6) is -0.126. The molecule has 0 fully saturated rings. The number of hydrogen-bond donors (Lipinski definition) is 2. The lowest BCUT2D eigenvalue weighted by molar-refractivity contribution is -0.120. The summed E-state index contributed by atoms with van der Waals surface area (Å²) in [4.78, 5) is 25.5. The Morgan fingerprint density at radius 1 is 0.838 bits per heavy atom. The van der Waals surface area contributed by atoms with E-state index in [4.69, 9.17) is 23.2 Å². The van der Waals surface area contributed by atoms with E-state index in [1.807, 2.05) is 0 Å². The third-order valence-electron chi connectivity index (χ3n) is 7.15. The molecule has 0 saturated heterocycles. The molecule has 6 heteroatoms. The first-order valence-corrected chi connectivity index (χ1v) is 15.3. The number of nitrogens with one attached hydrogen (secondary N) is 2. The molecular weight excluding hydrogens is 503 g/mol. The zero-order chi connectivity index (χ0) is 26.9. The van der Waals surface area contributed by atoms with Crippen LogP contribution in [0, 0.1) is 5.92 Å². The zero-order valence-corrected chi connectivity index (χ0v) is 24.6. The number of hydrogen-bond acceptors (Lipinski definition) is 2. The van der Waals surface area contributed by atoms with Crippen LogP contribution in [0.3, 0.4) is 0 Å². The quantitative estimate of drug-likeness (QED) is 0.332. The van der Waals surface area contributed by atoms with Gasteiger partial charge in [0.15, 0.2) is 0 Å². The van der Waals surface area contributed by atoms with Crippen LogP contribution in [0.15, 0.2) is 29.8 Å². The average Bonchev–Trinajstić information content (AvgIpc) is 2.86. The molecule has 37 heavy (non-hydrogen) atoms. The Bertz CT molecular complexity index is 854. The Morgan fingerprint density at radius 3 is 2.00 bits per heavy atom. The highest BCUT2D eigenvalue weighted by molar-refractivity contribution is 6.35. The molecule has 2 amide bonds. The minimum atomic E-state index is -0.400. The number of allylic oxidation sites excluding steroid dienone is 1. The van der Waals surface area contributed by atoms with E-state index in [9.17, 15) is 9.59 Å². The molecule has 2 rings (SSSR count). The minimum Gasteiger partial charge on any atom is -0.348 e. The first-order chi connectivity index (χ1) is 17.9. The van der Waals surface area contributed by atoms with E-state index < -0.39 is 5.91 Å². The van der Waals surface area contributed by atoms with Gasteiger partial charge >= 0.3 is 0 Å². The molecule has 1 atom stereocenters. The van der Waals surface area contributed by atoms with Gasteiger partial charge in [-0.25, -0.2) is 0 Å². The molecule has 0 aromatic heterocycles. The number of halogens is 2. The summed E-state index contributed by atoms with van der Waals surface area (Å²) in [5.41, 5.74) is 1.63. The first-order valence-electron chi connectivity index (χ1n) is 14.6. The molecule has 1 aliphatic rings. The Hall–Kier alpha value is -1.52. The van der Waals surface area contributed by atoms with Gasteiger partial charge in [0.05, 0.1) is 23.2 Å². The van der Waals surface area contributed by atoms with Gasteiger partial charge in [-0.1, -0.05) is 119 Å². The number of carbonyl (C=O) groups is 2. The van der Waals surface area contributed by atoms with E-state index in [1.54, 1.807) is 12.1 Å². The summed E-state index contributed by atoms with van der Waals surface area (Å²) in [6, 6.07) is 4.74. The van der Waals surface area contributed by atoms with Gasteiger partial charge in [0.2, 0.25) is 5.91 Å². The molecule has 0 spiro atoms. The highest BCUT2D eigenvalue weighted by Gasteiger charge is 2.19. The maximum absolute atomic E-state index is 12.9. The lowest BCUT2D eigenvalue weighted by Gasteiger charge is -2.24. The van der Waals surface area contributed by atoms with Crippen LogP contribution < -0.4 is 10.6 Å². The largest absolute Gasteiger partial charge is 0.348 e. The molecule has 0 heterocycles. The van der Waals surface area contributed by atoms with E-state index in [1.165, 1.54) is 95.1 Å². The third kappa shape index (κ3) is 13.7. The summed E-state index contributed by atoms with van der Waals surface area (Å²) >= 11 is 12.2. The van der Waals surface area contributed by atoms with Crippen LogP contribution in [0.1, 0.15) is 127 Å². The molecule has 1 aromatic carbocycles. The lowest BCUT2D eigenvalue weighted by atomic mass is 9.91. The number of amides is 2. The van der Waals surface area contributed by atoms with Crippen molar-refractivity contribution in [1.82, 2.24) is 10.6 Å². The summed E-state index contributed by atoms with van der Waals surface area (Å²) in [6.45, 7) is 4.30. The van der Waals surface area contributed by atoms with E-state index in [2.05, 4.69) is 30.6 Å². The van der Waals surface area contributed by atoms with Crippen molar-refractivity contribution in [3.8, 4) is 0 Å². The molecular formula is C31H48Cl2N2O2. The second-order valence-electron chi connectivity index (χ2n) is 11.0. The van der Waals surface area contributed by atoms with Crippen LogP contribution in [0.5, 0.6) is 0 Å². The van der Waals surface area contributed by atoms with Crippen LogP contribution in [0.2, 0.25) is 10.0 Å². The molecule has 1 aliphatic carbocycles. The van der Waals surface area contributed by atoms with Crippen molar-refractivity contribution in [2.45, 2.75) is 123 Å². The molecule has 4 nitrogen and oxygen atoms in total. The highest BCUT2D eigenvalue weighted by Crippen LogP contribution is 2.23. The van der Waals surface area contributed by atoms with E-state index in [0.717, 1.165) is 19.3 Å². The van der Waals surface area contributed by atoms with Crippen molar-refractivity contribution in [1.29, 1.82) is 0 Å². The number of rotatable bonds is 7. The molecule has 208 valence electrons. The second kappa shape index (κ2) is 18.7. The Labute approximate surface area is 235 Å². The van der Waals surface area contributed by atoms with Crippen molar-refractivity contribution in [2.24, 2.45) is 5.92 Å². The first kappa shape index (κ1) is 31.7. The summed E-state index contributed by atoms with van der Waals surface area (Å²) < 4.78 is 0. The summed E-state index contributed by atoms with van der Waals surface area (Å²) in [5, 5.41) is 6.67. The highest BCUT2D eigenvalue weighted by atomic mass is 35.5. The normalized spacial score (nSPS) is 19.3. The maximum Gasteiger partial charge on any atom is 0.253 e. The third-order valence-corrected chi connectivity index (χ3v) is 7.71. The second-order valence-corrected chi connectivity index (χ2v) is 11.8. The van der Waals surface area contributed by atoms with Gasteiger partial charge in [-0.2, -0.15) is 0 Å². The minimum absolute atomic E-state index is 0.00115. The van der Waals surface area contributed by atoms with Gasteiger partial charge in [0.1, 0.15) is 0 Å². The lowest BCUT2D eigenvalue weighted by Crippen LogP contribution is -2.43. The molecule has 0 unspecified atom stereocenters. The molecule has 0 radical (unpaired) electrons. The maximum atomic E-state index is 12.9. The fourth-order valence-corrected chi connectivity index (χ4v) is 5.45. The Morgan fingerprint density at radius 2 is 1.41 bits per heavy atom. The monoisotopic (exact) mass is 550 g/mol. The number of benzene rings is 1. The van der Waals surface area contributed by atoms with Crippen LogP contribution in [0.25, 0.3) is 0 Å². The van der Waals surface area contributed by atoms with Crippen molar-refractivity contribution < 1.29 is 9.59 Å². The summed E-state index contributed by atoms with van der Waals surface area (Å²) in [7, 11) is 0. The predicted molar refractivity (Wildman–Crippen MR) is 158 cm³/mol. The van der Waals surface area contributed by atoms with Gasteiger partial charge in [-0.3, -0.25) is 9.59 Å². The molecule has 2 N–H and O–H groups in total. The number of carbonyl (C=O) groups excluding carboxylic acids is 2. The van der Waals surface area contributed by atoms with Gasteiger partial charge in [-0.15, -0.1) is 0 Å². The predicted octanol–water partition coefficient (Wildman–Crippen LogP) is 9.05. The van der Waals surface area contributed by atoms with E-state index >= 15 is 0 Å². The Kier molecular flexibility index (Phi) is 16.0. The zero-order valence-electron chi connectivity index (χ0n) is 23.1. The van der Waals surface area contributed by atoms with Crippen molar-refractivity contribution in [2.75, 3.05) is 6.54 Å². The van der Waals surface area contributed by atoms with Gasteiger partial charge in [0, 0.05) is 5.02 Å². The van der Waals surface area contributed by atoms with Gasteiger partial charge in [0.25, 0.3) is 5.91 Å². The van der Waals surface area contributed by atoms with E-state index in [-0.39, 0.29) is 24.1 Å². The Balaban J connectivity index is 1.99. The fourth-order valence-electron chi connectivity index (χ4n) is 5.07. The SMILES string of the molecule is CC(C)C[C@H](NC(=O)CNC(=O)c1cc(Cl)ccc1Cl)/C1=C/CCCCCCCCCCCCCCC1.